The van der Waals surface area contributed by atoms with Gasteiger partial charge in [0.15, 0.2) is 0 Å². The lowest BCUT2D eigenvalue weighted by molar-refractivity contribution is 0.431. The summed E-state index contributed by atoms with van der Waals surface area (Å²) in [5.74, 6) is 1.52. The molecule has 0 saturated carbocycles. The molecule has 6 heteroatoms. The third-order valence-corrected chi connectivity index (χ3v) is 4.63. The third-order valence-electron chi connectivity index (χ3n) is 3.36. The number of rotatable bonds is 4. The minimum atomic E-state index is -0.258. The van der Waals surface area contributed by atoms with Gasteiger partial charge < -0.3 is 4.57 Å². The predicted molar refractivity (Wildman–Crippen MR) is 82.5 cm³/mol. The number of hydrogen-bond donors (Lipinski definition) is 0. The van der Waals surface area contributed by atoms with Gasteiger partial charge in [-0.15, -0.1) is 22.9 Å². The van der Waals surface area contributed by atoms with E-state index in [0.717, 1.165) is 28.3 Å². The normalized spacial score (nSPS) is 12.2. The topological polar surface area (TPSA) is 43.6 Å². The smallest absolute Gasteiger partial charge is 0.118 e. The van der Waals surface area contributed by atoms with Crippen molar-refractivity contribution in [3.05, 3.63) is 40.9 Å². The number of halogens is 1. The van der Waals surface area contributed by atoms with Crippen LogP contribution in [0.3, 0.4) is 0 Å². The number of thiazole rings is 1. The van der Waals surface area contributed by atoms with Crippen LogP contribution in [-0.4, -0.2) is 25.4 Å². The van der Waals surface area contributed by atoms with Crippen LogP contribution < -0.4 is 0 Å². The van der Waals surface area contributed by atoms with Gasteiger partial charge in [0.2, 0.25) is 0 Å². The minimum absolute atomic E-state index is 0.258. The summed E-state index contributed by atoms with van der Waals surface area (Å²) < 4.78 is 2.23. The van der Waals surface area contributed by atoms with Crippen molar-refractivity contribution in [2.24, 2.45) is 0 Å². The van der Waals surface area contributed by atoms with Gasteiger partial charge in [-0.1, -0.05) is 0 Å². The Labute approximate surface area is 126 Å². The Hall–Kier alpha value is -1.46. The van der Waals surface area contributed by atoms with E-state index in [2.05, 4.69) is 33.4 Å². The highest BCUT2D eigenvalue weighted by Crippen LogP contribution is 2.32. The molecule has 0 atom stereocenters. The van der Waals surface area contributed by atoms with Crippen LogP contribution >= 0.6 is 22.9 Å². The molecule has 0 N–H and O–H groups in total. The number of aromatic nitrogens is 4. The number of alkyl halides is 1. The summed E-state index contributed by atoms with van der Waals surface area (Å²) in [5.41, 5.74) is 1.71. The van der Waals surface area contributed by atoms with Crippen molar-refractivity contribution in [2.45, 2.75) is 25.8 Å². The van der Waals surface area contributed by atoms with Crippen LogP contribution in [0.2, 0.25) is 0 Å². The monoisotopic (exact) mass is 306 g/mol. The first-order valence-electron chi connectivity index (χ1n) is 6.42. The summed E-state index contributed by atoms with van der Waals surface area (Å²) in [6.45, 7) is 4.32. The lowest BCUT2D eigenvalue weighted by atomic mass is 10.1. The quantitative estimate of drug-likeness (QED) is 0.693. The van der Waals surface area contributed by atoms with Crippen molar-refractivity contribution >= 4 is 34.0 Å². The Morgan fingerprint density at radius 2 is 2.20 bits per heavy atom. The van der Waals surface area contributed by atoms with Crippen LogP contribution in [0, 0.1) is 0 Å². The second-order valence-electron chi connectivity index (χ2n) is 5.06. The molecule has 0 aromatic carbocycles. The molecule has 3 aromatic rings. The zero-order valence-corrected chi connectivity index (χ0v) is 12.9. The van der Waals surface area contributed by atoms with Crippen LogP contribution in [0.15, 0.2) is 30.0 Å². The van der Waals surface area contributed by atoms with Crippen molar-refractivity contribution in [1.29, 1.82) is 0 Å². The van der Waals surface area contributed by atoms with Crippen molar-refractivity contribution < 1.29 is 0 Å². The zero-order chi connectivity index (χ0) is 14.2. The first-order valence-corrected chi connectivity index (χ1v) is 7.84. The fraction of sp³-hybridized carbons (Fsp3) is 0.357. The highest BCUT2D eigenvalue weighted by atomic mass is 35.5. The molecule has 3 aromatic heterocycles. The van der Waals surface area contributed by atoms with Gasteiger partial charge in [-0.2, -0.15) is 0 Å². The molecule has 0 aliphatic heterocycles. The number of nitrogens with zero attached hydrogens (tertiary/aromatic N) is 4. The van der Waals surface area contributed by atoms with E-state index in [0.29, 0.717) is 5.88 Å². The summed E-state index contributed by atoms with van der Waals surface area (Å²) >= 11 is 7.58. The largest absolute Gasteiger partial charge is 0.316 e. The third kappa shape index (κ3) is 2.11. The molecule has 20 heavy (non-hydrogen) atoms. The van der Waals surface area contributed by atoms with Crippen LogP contribution in [0.25, 0.3) is 11.0 Å². The Morgan fingerprint density at radius 1 is 1.35 bits per heavy atom. The van der Waals surface area contributed by atoms with Crippen molar-refractivity contribution in [1.82, 2.24) is 19.5 Å². The van der Waals surface area contributed by atoms with Gasteiger partial charge in [0.05, 0.1) is 17.3 Å². The van der Waals surface area contributed by atoms with E-state index in [9.17, 15) is 0 Å². The second kappa shape index (κ2) is 5.14. The van der Waals surface area contributed by atoms with E-state index < -0.39 is 0 Å². The van der Waals surface area contributed by atoms with Crippen molar-refractivity contribution in [3.63, 3.8) is 0 Å². The van der Waals surface area contributed by atoms with Crippen LogP contribution in [-0.2, 0) is 12.0 Å². The fourth-order valence-corrected chi connectivity index (χ4v) is 3.40. The van der Waals surface area contributed by atoms with E-state index in [4.69, 9.17) is 11.6 Å². The summed E-state index contributed by atoms with van der Waals surface area (Å²) in [7, 11) is 0. The molecule has 0 amide bonds. The molecule has 0 aliphatic rings. The molecule has 3 heterocycles. The standard InChI is InChI=1S/C14H15ClN4S/c1-14(2,13-17-7-8-20-13)19-11-4-6-16-9-10(11)18-12(19)3-5-15/h4,6-9H,3,5H2,1-2H3. The molecule has 0 spiro atoms. The Kier molecular flexibility index (Phi) is 3.48. The first kappa shape index (κ1) is 13.5. The molecule has 0 aliphatic carbocycles. The number of imidazole rings is 1. The van der Waals surface area contributed by atoms with Gasteiger partial charge in [-0.3, -0.25) is 4.98 Å². The summed E-state index contributed by atoms with van der Waals surface area (Å²) in [5, 5.41) is 3.06. The van der Waals surface area contributed by atoms with Gasteiger partial charge in [0, 0.05) is 30.1 Å². The van der Waals surface area contributed by atoms with Gasteiger partial charge in [-0.25, -0.2) is 9.97 Å². The fourth-order valence-electron chi connectivity index (χ4n) is 2.48. The molecule has 0 fully saturated rings. The first-order chi connectivity index (χ1) is 9.64. The van der Waals surface area contributed by atoms with Crippen LogP contribution in [0.4, 0.5) is 0 Å². The molecule has 3 rings (SSSR count). The maximum atomic E-state index is 5.93. The lowest BCUT2D eigenvalue weighted by Gasteiger charge is -2.27. The average molecular weight is 307 g/mol. The van der Waals surface area contributed by atoms with Gasteiger partial charge in [-0.05, 0) is 19.9 Å². The minimum Gasteiger partial charge on any atom is -0.316 e. The number of hydrogen-bond acceptors (Lipinski definition) is 4. The number of fused-ring (bicyclic) bond motifs is 1. The van der Waals surface area contributed by atoms with Crippen molar-refractivity contribution in [2.75, 3.05) is 5.88 Å². The highest BCUT2D eigenvalue weighted by Gasteiger charge is 2.30. The van der Waals surface area contributed by atoms with Crippen LogP contribution in [0.5, 0.6) is 0 Å². The average Bonchev–Trinajstić information content (AvgIpc) is 3.06. The van der Waals surface area contributed by atoms with Gasteiger partial charge in [0.25, 0.3) is 0 Å². The summed E-state index contributed by atoms with van der Waals surface area (Å²) in [6.07, 6.45) is 6.15. The molecular weight excluding hydrogens is 292 g/mol. The van der Waals surface area contributed by atoms with Crippen LogP contribution in [0.1, 0.15) is 24.7 Å². The highest BCUT2D eigenvalue weighted by molar-refractivity contribution is 7.09. The maximum Gasteiger partial charge on any atom is 0.118 e. The summed E-state index contributed by atoms with van der Waals surface area (Å²) in [4.78, 5) is 13.3. The predicted octanol–water partition coefficient (Wildman–Crippen LogP) is 3.45. The van der Waals surface area contributed by atoms with Gasteiger partial charge >= 0.3 is 0 Å². The van der Waals surface area contributed by atoms with E-state index in [1.807, 2.05) is 17.6 Å². The SMILES string of the molecule is CC(C)(c1nccs1)n1c(CCCl)nc2cnccc21. The molecule has 0 saturated heterocycles. The number of aryl methyl sites for hydroxylation is 1. The number of pyridine rings is 1. The molecule has 0 radical (unpaired) electrons. The van der Waals surface area contributed by atoms with Crippen molar-refractivity contribution in [3.8, 4) is 0 Å². The second-order valence-corrected chi connectivity index (χ2v) is 6.34. The zero-order valence-electron chi connectivity index (χ0n) is 11.4. The molecule has 0 bridgehead atoms. The lowest BCUT2D eigenvalue weighted by Crippen LogP contribution is -2.29. The molecule has 4 nitrogen and oxygen atoms in total. The molecule has 104 valence electrons. The Morgan fingerprint density at radius 3 is 2.90 bits per heavy atom. The Balaban J connectivity index is 2.25. The van der Waals surface area contributed by atoms with E-state index >= 15 is 0 Å². The molecular formula is C14H15ClN4S. The van der Waals surface area contributed by atoms with Gasteiger partial charge in [0.1, 0.15) is 16.3 Å². The summed E-state index contributed by atoms with van der Waals surface area (Å²) in [6, 6.07) is 2.00. The molecule has 0 unspecified atom stereocenters. The van der Waals surface area contributed by atoms with E-state index in [1.165, 1.54) is 0 Å². The van der Waals surface area contributed by atoms with E-state index in [1.54, 1.807) is 23.7 Å². The Bertz CT molecular complexity index is 718. The maximum absolute atomic E-state index is 5.93. The van der Waals surface area contributed by atoms with E-state index in [-0.39, 0.29) is 5.54 Å².